The van der Waals surface area contributed by atoms with Gasteiger partial charge in [-0.15, -0.1) is 0 Å². The molecule has 82 valence electrons. The van der Waals surface area contributed by atoms with E-state index in [2.05, 4.69) is 20.9 Å². The van der Waals surface area contributed by atoms with E-state index in [1.165, 1.54) is 0 Å². The third-order valence-corrected chi connectivity index (χ3v) is 2.66. The van der Waals surface area contributed by atoms with Gasteiger partial charge < -0.3 is 5.11 Å². The highest BCUT2D eigenvalue weighted by molar-refractivity contribution is 9.10. The van der Waals surface area contributed by atoms with Crippen molar-refractivity contribution >= 4 is 32.8 Å². The molecule has 1 N–H and O–H groups in total. The smallest absolute Gasteiger partial charge is 0.337 e. The van der Waals surface area contributed by atoms with Crippen LogP contribution in [-0.2, 0) is 0 Å². The standard InChI is InChI=1S/C10H4BrF2NO2/c11-6-2-7(12)8(13)5-1-4(10(15)16)3-14-9(5)6/h1-3H,(H,15,16). The molecule has 0 aliphatic heterocycles. The summed E-state index contributed by atoms with van der Waals surface area (Å²) >= 11 is 3.03. The van der Waals surface area contributed by atoms with Crippen LogP contribution in [0.5, 0.6) is 0 Å². The molecule has 6 heteroatoms. The number of hydrogen-bond acceptors (Lipinski definition) is 2. The maximum atomic E-state index is 13.4. The lowest BCUT2D eigenvalue weighted by Crippen LogP contribution is -1.99. The molecule has 0 saturated heterocycles. The number of carboxylic acids is 1. The fourth-order valence-electron chi connectivity index (χ4n) is 1.31. The van der Waals surface area contributed by atoms with Crippen LogP contribution in [0.1, 0.15) is 10.4 Å². The Morgan fingerprint density at radius 1 is 1.38 bits per heavy atom. The van der Waals surface area contributed by atoms with E-state index in [1.54, 1.807) is 0 Å². The van der Waals surface area contributed by atoms with Crippen LogP contribution >= 0.6 is 15.9 Å². The quantitative estimate of drug-likeness (QED) is 0.821. The maximum absolute atomic E-state index is 13.4. The first-order chi connectivity index (χ1) is 7.50. The van der Waals surface area contributed by atoms with Gasteiger partial charge in [0.05, 0.1) is 11.1 Å². The van der Waals surface area contributed by atoms with E-state index in [0.29, 0.717) is 0 Å². The first-order valence-electron chi connectivity index (χ1n) is 4.17. The summed E-state index contributed by atoms with van der Waals surface area (Å²) in [5.74, 6) is -3.40. The van der Waals surface area contributed by atoms with Crippen molar-refractivity contribution in [2.75, 3.05) is 0 Å². The van der Waals surface area contributed by atoms with Crippen LogP contribution in [0, 0.1) is 11.6 Å². The van der Waals surface area contributed by atoms with Gasteiger partial charge in [-0.1, -0.05) is 0 Å². The number of hydrogen-bond donors (Lipinski definition) is 1. The molecular formula is C10H4BrF2NO2. The number of rotatable bonds is 1. The number of aromatic nitrogens is 1. The van der Waals surface area contributed by atoms with Crippen LogP contribution in [0.4, 0.5) is 8.78 Å². The van der Waals surface area contributed by atoms with Crippen molar-refractivity contribution in [3.63, 3.8) is 0 Å². The van der Waals surface area contributed by atoms with Gasteiger partial charge in [-0.3, -0.25) is 4.98 Å². The fraction of sp³-hybridized carbons (Fsp3) is 0. The summed E-state index contributed by atoms with van der Waals surface area (Å²) in [6.07, 6.45) is 1.09. The molecule has 0 spiro atoms. The molecule has 0 unspecified atom stereocenters. The molecule has 0 aliphatic carbocycles. The number of pyridine rings is 1. The average molecular weight is 288 g/mol. The molecule has 0 radical (unpaired) electrons. The molecule has 0 atom stereocenters. The summed E-state index contributed by atoms with van der Waals surface area (Å²) in [4.78, 5) is 14.4. The topological polar surface area (TPSA) is 50.2 Å². The van der Waals surface area contributed by atoms with Gasteiger partial charge in [-0.05, 0) is 28.1 Å². The predicted octanol–water partition coefficient (Wildman–Crippen LogP) is 2.97. The first kappa shape index (κ1) is 10.9. The third-order valence-electron chi connectivity index (χ3n) is 2.06. The summed E-state index contributed by atoms with van der Waals surface area (Å²) < 4.78 is 26.7. The van der Waals surface area contributed by atoms with Gasteiger partial charge in [0.15, 0.2) is 11.6 Å². The van der Waals surface area contributed by atoms with E-state index in [0.717, 1.165) is 18.3 Å². The van der Waals surface area contributed by atoms with Gasteiger partial charge in [0.1, 0.15) is 0 Å². The molecule has 1 aromatic heterocycles. The summed E-state index contributed by atoms with van der Waals surface area (Å²) in [5, 5.41) is 8.55. The van der Waals surface area contributed by atoms with E-state index in [1.807, 2.05) is 0 Å². The second kappa shape index (κ2) is 3.79. The lowest BCUT2D eigenvalue weighted by Gasteiger charge is -2.03. The van der Waals surface area contributed by atoms with Crippen molar-refractivity contribution in [2.24, 2.45) is 0 Å². The van der Waals surface area contributed by atoms with Gasteiger partial charge in [-0.2, -0.15) is 0 Å². The van der Waals surface area contributed by atoms with Crippen LogP contribution in [0.3, 0.4) is 0 Å². The van der Waals surface area contributed by atoms with Crippen LogP contribution in [0.2, 0.25) is 0 Å². The molecule has 0 saturated carbocycles. The van der Waals surface area contributed by atoms with Crippen molar-refractivity contribution in [3.8, 4) is 0 Å². The van der Waals surface area contributed by atoms with E-state index in [9.17, 15) is 13.6 Å². The second-order valence-corrected chi connectivity index (χ2v) is 3.93. The van der Waals surface area contributed by atoms with Gasteiger partial charge in [0.2, 0.25) is 0 Å². The van der Waals surface area contributed by atoms with Crippen LogP contribution in [0.25, 0.3) is 10.9 Å². The minimum absolute atomic E-state index is 0.160. The molecule has 2 rings (SSSR count). The average Bonchev–Trinajstić information content (AvgIpc) is 2.25. The Morgan fingerprint density at radius 3 is 2.69 bits per heavy atom. The highest BCUT2D eigenvalue weighted by Crippen LogP contribution is 2.27. The number of carboxylic acid groups (broad SMARTS) is 1. The molecular weight excluding hydrogens is 284 g/mol. The summed E-state index contributed by atoms with van der Waals surface area (Å²) in [7, 11) is 0. The zero-order chi connectivity index (χ0) is 11.9. The Labute approximate surface area is 96.9 Å². The largest absolute Gasteiger partial charge is 0.478 e. The maximum Gasteiger partial charge on any atom is 0.337 e. The Kier molecular flexibility index (Phi) is 2.59. The normalized spacial score (nSPS) is 10.7. The lowest BCUT2D eigenvalue weighted by molar-refractivity contribution is 0.0696. The van der Waals surface area contributed by atoms with Crippen molar-refractivity contribution in [3.05, 3.63) is 40.0 Å². The molecule has 2 aromatic rings. The van der Waals surface area contributed by atoms with Crippen molar-refractivity contribution < 1.29 is 18.7 Å². The number of benzene rings is 1. The molecule has 0 bridgehead atoms. The number of carbonyl (C=O) groups is 1. The molecule has 0 aliphatic rings. The molecule has 0 amide bonds. The van der Waals surface area contributed by atoms with E-state index in [-0.39, 0.29) is 20.9 Å². The molecule has 1 aromatic carbocycles. The Bertz CT molecular complexity index is 601. The number of nitrogens with zero attached hydrogens (tertiary/aromatic N) is 1. The van der Waals surface area contributed by atoms with Gasteiger partial charge in [0.25, 0.3) is 0 Å². The highest BCUT2D eigenvalue weighted by atomic mass is 79.9. The van der Waals surface area contributed by atoms with Crippen molar-refractivity contribution in [1.29, 1.82) is 0 Å². The fourth-order valence-corrected chi connectivity index (χ4v) is 1.83. The number of aromatic carboxylic acids is 1. The third kappa shape index (κ3) is 1.65. The van der Waals surface area contributed by atoms with Crippen LogP contribution < -0.4 is 0 Å². The number of fused-ring (bicyclic) bond motifs is 1. The monoisotopic (exact) mass is 287 g/mol. The summed E-state index contributed by atoms with van der Waals surface area (Å²) in [6.45, 7) is 0. The van der Waals surface area contributed by atoms with Crippen molar-refractivity contribution in [2.45, 2.75) is 0 Å². The highest BCUT2D eigenvalue weighted by Gasteiger charge is 2.14. The molecule has 16 heavy (non-hydrogen) atoms. The first-order valence-corrected chi connectivity index (χ1v) is 4.96. The van der Waals surface area contributed by atoms with E-state index < -0.39 is 17.6 Å². The Morgan fingerprint density at radius 2 is 2.06 bits per heavy atom. The predicted molar refractivity (Wildman–Crippen MR) is 56.3 cm³/mol. The summed E-state index contributed by atoms with van der Waals surface area (Å²) in [5.41, 5.74) is -0.00667. The Balaban J connectivity index is 2.86. The molecule has 3 nitrogen and oxygen atoms in total. The zero-order valence-electron chi connectivity index (χ0n) is 7.67. The van der Waals surface area contributed by atoms with Crippen LogP contribution in [0.15, 0.2) is 22.8 Å². The van der Waals surface area contributed by atoms with Crippen LogP contribution in [-0.4, -0.2) is 16.1 Å². The minimum atomic E-state index is -1.24. The molecule has 1 heterocycles. The Hall–Kier alpha value is -1.56. The molecule has 0 fully saturated rings. The minimum Gasteiger partial charge on any atom is -0.478 e. The van der Waals surface area contributed by atoms with Gasteiger partial charge in [-0.25, -0.2) is 13.6 Å². The lowest BCUT2D eigenvalue weighted by atomic mass is 10.1. The van der Waals surface area contributed by atoms with Gasteiger partial charge in [0, 0.05) is 16.1 Å². The number of halogens is 3. The zero-order valence-corrected chi connectivity index (χ0v) is 9.25. The summed E-state index contributed by atoms with van der Waals surface area (Å²) in [6, 6.07) is 2.00. The second-order valence-electron chi connectivity index (χ2n) is 3.08. The van der Waals surface area contributed by atoms with Gasteiger partial charge >= 0.3 is 5.97 Å². The SMILES string of the molecule is O=C(O)c1cnc2c(Br)cc(F)c(F)c2c1. The van der Waals surface area contributed by atoms with E-state index in [4.69, 9.17) is 5.11 Å². The van der Waals surface area contributed by atoms with E-state index >= 15 is 0 Å². The van der Waals surface area contributed by atoms with Crippen molar-refractivity contribution in [1.82, 2.24) is 4.98 Å².